The van der Waals surface area contributed by atoms with Crippen LogP contribution in [-0.2, 0) is 44.8 Å². The van der Waals surface area contributed by atoms with E-state index < -0.39 is 0 Å². The molecule has 0 aromatic carbocycles. The fourth-order valence-electron chi connectivity index (χ4n) is 0. The van der Waals surface area contributed by atoms with Crippen LogP contribution in [0.1, 0.15) is 0 Å². The Morgan fingerprint density at radius 1 is 0.333 bits per heavy atom. The standard InChI is InChI=1S/Ba.6H2O.2Ta/h;6*1H2;;. The summed E-state index contributed by atoms with van der Waals surface area (Å²) in [5.41, 5.74) is 0. The van der Waals surface area contributed by atoms with Gasteiger partial charge in [-0.1, -0.05) is 0 Å². The van der Waals surface area contributed by atoms with Crippen molar-refractivity contribution in [2.45, 2.75) is 0 Å². The van der Waals surface area contributed by atoms with E-state index in [4.69, 9.17) is 0 Å². The molecule has 0 atom stereocenters. The number of rotatable bonds is 0. The van der Waals surface area contributed by atoms with Crippen LogP contribution in [0.3, 0.4) is 0 Å². The van der Waals surface area contributed by atoms with Crippen molar-refractivity contribution in [1.82, 2.24) is 0 Å². The smallest absolute Gasteiger partial charge is 0 e. The van der Waals surface area contributed by atoms with Gasteiger partial charge >= 0.3 is 0 Å². The first-order chi connectivity index (χ1) is 0. The minimum atomic E-state index is 0. The number of hydrogen-bond donors (Lipinski definition) is 0. The van der Waals surface area contributed by atoms with Crippen LogP contribution >= 0.6 is 0 Å². The molecule has 0 aliphatic rings. The van der Waals surface area contributed by atoms with Crippen molar-refractivity contribution in [3.05, 3.63) is 0 Å². The molecular weight excluding hydrogens is 595 g/mol. The van der Waals surface area contributed by atoms with Gasteiger partial charge in [-0.15, -0.1) is 0 Å². The van der Waals surface area contributed by atoms with Gasteiger partial charge in [0.1, 0.15) is 0 Å². The Balaban J connectivity index is 0. The van der Waals surface area contributed by atoms with Gasteiger partial charge in [-0.2, -0.15) is 0 Å². The molecule has 60 valence electrons. The second kappa shape index (κ2) is 132. The Kier molecular flexibility index (Phi) is 2550. The summed E-state index contributed by atoms with van der Waals surface area (Å²) < 4.78 is 0. The van der Waals surface area contributed by atoms with E-state index in [1.54, 1.807) is 0 Å². The van der Waals surface area contributed by atoms with Crippen molar-refractivity contribution in [2.75, 3.05) is 0 Å². The Morgan fingerprint density at radius 2 is 0.333 bits per heavy atom. The maximum absolute atomic E-state index is 0. The topological polar surface area (TPSA) is 189 Å². The monoisotopic (exact) mass is 608 g/mol. The number of hydrogen-bond acceptors (Lipinski definition) is 0. The van der Waals surface area contributed by atoms with Crippen LogP contribution < -0.4 is 0 Å². The molecule has 0 aromatic rings. The minimum Gasteiger partial charge on any atom is -0.412 e. The summed E-state index contributed by atoms with van der Waals surface area (Å²) in [5.74, 6) is 0. The third-order valence-corrected chi connectivity index (χ3v) is 0. The first kappa shape index (κ1) is 175. The first-order valence-electron chi connectivity index (χ1n) is 0. The van der Waals surface area contributed by atoms with Crippen LogP contribution in [0, 0.1) is 0 Å². The fourth-order valence-corrected chi connectivity index (χ4v) is 0. The molecule has 0 aliphatic carbocycles. The largest absolute Gasteiger partial charge is 0.412 e. The molecule has 0 rings (SSSR count). The fraction of sp³-hybridized carbons (Fsp3) is 0. The first-order valence-corrected chi connectivity index (χ1v) is 0. The van der Waals surface area contributed by atoms with E-state index >= 15 is 0 Å². The Morgan fingerprint density at radius 3 is 0.333 bits per heavy atom. The molecule has 0 unspecified atom stereocenters. The van der Waals surface area contributed by atoms with Crippen molar-refractivity contribution in [2.24, 2.45) is 0 Å². The van der Waals surface area contributed by atoms with E-state index in [1.165, 1.54) is 0 Å². The van der Waals surface area contributed by atoms with Crippen molar-refractivity contribution in [3.63, 3.8) is 0 Å². The molecule has 0 saturated heterocycles. The predicted molar refractivity (Wildman–Crippen MR) is 27.4 cm³/mol. The third-order valence-electron chi connectivity index (χ3n) is 0. The molecule has 9 heteroatoms. The summed E-state index contributed by atoms with van der Waals surface area (Å²) >= 11 is 0. The average molecular weight is 607 g/mol. The third kappa shape index (κ3) is 106. The molecule has 6 nitrogen and oxygen atoms in total. The molecule has 0 bridgehead atoms. The molecule has 0 fully saturated rings. The van der Waals surface area contributed by atoms with Crippen LogP contribution in [0.5, 0.6) is 0 Å². The van der Waals surface area contributed by atoms with Crippen molar-refractivity contribution < 1.29 is 77.6 Å². The van der Waals surface area contributed by atoms with E-state index in [0.717, 1.165) is 0 Å². The van der Waals surface area contributed by atoms with Crippen LogP contribution in [0.25, 0.3) is 0 Å². The van der Waals surface area contributed by atoms with Crippen molar-refractivity contribution in [3.8, 4) is 0 Å². The van der Waals surface area contributed by atoms with Gasteiger partial charge in [0.25, 0.3) is 0 Å². The van der Waals surface area contributed by atoms with Gasteiger partial charge in [-0.25, -0.2) is 0 Å². The zero-order valence-electron chi connectivity index (χ0n) is 4.60. The summed E-state index contributed by atoms with van der Waals surface area (Å²) in [7, 11) is 0. The van der Waals surface area contributed by atoms with Gasteiger partial charge in [0, 0.05) is 93.6 Å². The van der Waals surface area contributed by atoms with Crippen LogP contribution in [-0.4, -0.2) is 81.7 Å². The normalized spacial score (nSPS) is 0. The maximum atomic E-state index is 0. The van der Waals surface area contributed by atoms with Crippen molar-refractivity contribution >= 4 is 48.9 Å². The van der Waals surface area contributed by atoms with Crippen LogP contribution in [0.15, 0.2) is 0 Å². The zero-order chi connectivity index (χ0) is 0. The Hall–Kier alpha value is 2.81. The second-order valence-corrected chi connectivity index (χ2v) is 0. The SMILES string of the molecule is O.O.O.O.O.O.[Ba].[Ta].[Ta]. The molecule has 0 heterocycles. The molecule has 0 aliphatic heterocycles. The Bertz CT molecular complexity index is 11.0. The summed E-state index contributed by atoms with van der Waals surface area (Å²) in [6.45, 7) is 0. The van der Waals surface area contributed by atoms with E-state index in [2.05, 4.69) is 0 Å². The molecule has 9 heavy (non-hydrogen) atoms. The minimum absolute atomic E-state index is 0. The van der Waals surface area contributed by atoms with Gasteiger partial charge in [-0.05, 0) is 0 Å². The Labute approximate surface area is 124 Å². The summed E-state index contributed by atoms with van der Waals surface area (Å²) in [4.78, 5) is 0. The van der Waals surface area contributed by atoms with Gasteiger partial charge < -0.3 is 32.9 Å². The van der Waals surface area contributed by atoms with Gasteiger partial charge in [0.2, 0.25) is 0 Å². The van der Waals surface area contributed by atoms with Crippen LogP contribution in [0.4, 0.5) is 0 Å². The van der Waals surface area contributed by atoms with Crippen LogP contribution in [0.2, 0.25) is 0 Å². The van der Waals surface area contributed by atoms with E-state index in [9.17, 15) is 0 Å². The molecular formula is H12BaO6Ta2. The maximum Gasteiger partial charge on any atom is 0 e. The van der Waals surface area contributed by atoms with Gasteiger partial charge in [0.05, 0.1) is 0 Å². The zero-order valence-corrected chi connectivity index (χ0v) is 15.5. The summed E-state index contributed by atoms with van der Waals surface area (Å²) in [5, 5.41) is 0. The van der Waals surface area contributed by atoms with E-state index in [-0.39, 0.29) is 126 Å². The molecule has 12 N–H and O–H groups in total. The molecule has 0 spiro atoms. The second-order valence-electron chi connectivity index (χ2n) is 0. The molecule has 0 aromatic heterocycles. The average Bonchev–Trinajstić information content (AvgIpc) is 0. The molecule has 0 saturated carbocycles. The summed E-state index contributed by atoms with van der Waals surface area (Å²) in [6, 6.07) is 0. The van der Waals surface area contributed by atoms with Gasteiger partial charge in [-0.3, -0.25) is 0 Å². The molecule has 0 amide bonds. The summed E-state index contributed by atoms with van der Waals surface area (Å²) in [6.07, 6.45) is 0. The molecule has 4 radical (unpaired) electrons. The van der Waals surface area contributed by atoms with Crippen molar-refractivity contribution in [1.29, 1.82) is 0 Å². The van der Waals surface area contributed by atoms with E-state index in [1.807, 2.05) is 0 Å². The quantitative estimate of drug-likeness (QED) is 0.238. The van der Waals surface area contributed by atoms with Gasteiger partial charge in [0.15, 0.2) is 0 Å². The van der Waals surface area contributed by atoms with E-state index in [0.29, 0.717) is 0 Å². The predicted octanol–water partition coefficient (Wildman–Crippen LogP) is -5.33.